The molecule has 15 rings (SSSR count). The van der Waals surface area contributed by atoms with Crippen molar-refractivity contribution >= 4 is 122 Å². The van der Waals surface area contributed by atoms with Gasteiger partial charge in [-0.15, -0.1) is 11.3 Å². The fourth-order valence-electron chi connectivity index (χ4n) is 18.0. The number of carbonyl (C=O) groups is 8. The Morgan fingerprint density at radius 1 is 0.358 bits per heavy atom. The summed E-state index contributed by atoms with van der Waals surface area (Å²) in [6, 6.07) is 17.6. The monoisotopic (exact) mass is 1310 g/mol. The molecule has 18 nitrogen and oxygen atoms in total. The van der Waals surface area contributed by atoms with Crippen molar-refractivity contribution in [1.82, 2.24) is 0 Å². The van der Waals surface area contributed by atoms with Crippen molar-refractivity contribution in [2.45, 2.75) is 196 Å². The third-order valence-corrected chi connectivity index (χ3v) is 27.8. The Kier molecular flexibility index (Phi) is 13.1. The van der Waals surface area contributed by atoms with E-state index in [0.717, 1.165) is 22.2 Å². The summed E-state index contributed by atoms with van der Waals surface area (Å²) in [4.78, 5) is 117. The Morgan fingerprint density at radius 2 is 0.642 bits per heavy atom. The van der Waals surface area contributed by atoms with Gasteiger partial charge in [0.25, 0.3) is 0 Å². The Balaban J connectivity index is 1.04. The molecule has 6 aromatic carbocycles. The number of thiophene rings is 1. The number of unbranched alkanes of at least 4 members (excludes halogenated alkanes) is 2. The molecular weight excluding hydrogens is 1230 g/mol. The van der Waals surface area contributed by atoms with Crippen LogP contribution < -0.4 is 28.4 Å². The van der Waals surface area contributed by atoms with Crippen LogP contribution in [0.1, 0.15) is 174 Å². The Hall–Kier alpha value is -8.06. The lowest BCUT2D eigenvalue weighted by molar-refractivity contribution is -0.176. The molecule has 19 heteroatoms. The number of hydrogen-bond donors (Lipinski definition) is 0. The molecule has 0 amide bonds. The van der Waals surface area contributed by atoms with E-state index in [4.69, 9.17) is 47.4 Å². The number of fused-ring (bicyclic) bond motifs is 19. The van der Waals surface area contributed by atoms with Gasteiger partial charge in [-0.05, 0) is 153 Å². The van der Waals surface area contributed by atoms with Crippen LogP contribution in [0, 0.1) is 43.3 Å². The van der Waals surface area contributed by atoms with Gasteiger partial charge in [0.2, 0.25) is 22.4 Å². The Labute approximate surface area is 553 Å². The van der Waals surface area contributed by atoms with Crippen molar-refractivity contribution < 1.29 is 85.7 Å². The van der Waals surface area contributed by atoms with Crippen LogP contribution >= 0.6 is 11.3 Å². The Bertz CT molecular complexity index is 4430. The number of ether oxygens (including phenoxy) is 10. The van der Waals surface area contributed by atoms with Crippen molar-refractivity contribution in [2.24, 2.45) is 43.3 Å². The van der Waals surface area contributed by atoms with Crippen LogP contribution in [0.5, 0.6) is 34.5 Å². The summed E-state index contributed by atoms with van der Waals surface area (Å²) < 4.78 is 66.6. The van der Waals surface area contributed by atoms with Crippen molar-refractivity contribution in [2.75, 3.05) is 13.2 Å². The molecule has 4 aliphatic carbocycles. The van der Waals surface area contributed by atoms with Gasteiger partial charge in [0.1, 0.15) is 34.5 Å². The van der Waals surface area contributed by atoms with Gasteiger partial charge in [-0.25, -0.2) is 19.2 Å². The lowest BCUT2D eigenvalue weighted by atomic mass is 9.66. The van der Waals surface area contributed by atoms with Crippen LogP contribution in [0.2, 0.25) is 0 Å². The summed E-state index contributed by atoms with van der Waals surface area (Å²) in [5, 5.41) is 4.52. The average Bonchev–Trinajstić information content (AvgIpc) is 1.58. The first-order valence-corrected chi connectivity index (χ1v) is 34.4. The molecule has 4 saturated heterocycles. The highest BCUT2D eigenvalue weighted by atomic mass is 32.1. The van der Waals surface area contributed by atoms with Crippen molar-refractivity contribution in [3.05, 3.63) is 60.7 Å². The van der Waals surface area contributed by atoms with E-state index in [-0.39, 0.29) is 72.7 Å². The molecule has 7 aromatic rings. The van der Waals surface area contributed by atoms with E-state index >= 15 is 19.2 Å². The fraction of sp³-hybridized carbons (Fsp3) is 0.526. The molecule has 0 radical (unpaired) electrons. The summed E-state index contributed by atoms with van der Waals surface area (Å²) in [7, 11) is 0. The predicted octanol–water partition coefficient (Wildman–Crippen LogP) is 15.1. The topological polar surface area (TPSA) is 229 Å². The molecule has 0 N–H and O–H groups in total. The first kappa shape index (κ1) is 63.0. The zero-order valence-corrected chi connectivity index (χ0v) is 57.2. The lowest BCUT2D eigenvalue weighted by Crippen LogP contribution is -2.50. The third kappa shape index (κ3) is 7.41. The average molecular weight is 1310 g/mol. The molecule has 5 heterocycles. The van der Waals surface area contributed by atoms with Gasteiger partial charge in [-0.3, -0.25) is 19.2 Å². The SMILES string of the molecule is CCCCOc1cc2c(OC(=O)[C@@]34CC[C@@](C)(C(=O)O3)C4(C)C)ccc(OC(=O)[C@@]34CC[C@@](C)(C(=O)O3)C4(C)C)c2c2c1ccc1sc3ccc4c(OCCCC)cc5c(OC(=O)[C@@]67CC[C@@](C)(C(=O)O6)C7(C)C)ccc(OC(=O)[C@@]67CC[C@@](C)(C(=O)O6)C7(C)C)c5c4c3c12. The highest BCUT2D eigenvalue weighted by Crippen LogP contribution is 2.70. The summed E-state index contributed by atoms with van der Waals surface area (Å²) in [5.74, 6) is -4.16. The van der Waals surface area contributed by atoms with E-state index in [0.29, 0.717) is 93.1 Å². The number of carbonyl (C=O) groups excluding carboxylic acids is 8. The maximum atomic E-state index is 15.5. The summed E-state index contributed by atoms with van der Waals surface area (Å²) in [6.45, 7) is 26.7. The van der Waals surface area contributed by atoms with E-state index in [9.17, 15) is 19.2 Å². The van der Waals surface area contributed by atoms with Crippen LogP contribution in [0.4, 0.5) is 0 Å². The standard InChI is InChI=1S/C76H80O18S/c1-15-17-35-85-47-37-41-43(87-61(81)73-31-27-69(11,57(77)91-73)65(73,3)4)21-23-45(89-63(83)75-33-29-71(13,59(79)93-75)67(75,7)8)51(41)53-39(47)19-25-49-55(53)56-50(95-49)26-20-40-48(86-36-18-16-2)38-42-44(88-62(82)74-32-28-70(12,58(78)92-74)66(74,5)6)22-24-46(52(42)54(40)56)90-64(84)76-34-30-72(14,60(80)94-76)68(76,9)10/h19-26,37-38H,15-18,27-36H2,1-14H3/t69-,70-,71-,72-,73+,74+,75+,76+/m0/s1. The summed E-state index contributed by atoms with van der Waals surface area (Å²) >= 11 is 1.46. The molecule has 8 fully saturated rings. The van der Waals surface area contributed by atoms with Gasteiger partial charge in [0.05, 0.1) is 34.9 Å². The van der Waals surface area contributed by atoms with E-state index in [1.165, 1.54) is 11.3 Å². The number of rotatable bonds is 16. The predicted molar refractivity (Wildman–Crippen MR) is 352 cm³/mol. The van der Waals surface area contributed by atoms with E-state index in [1.807, 2.05) is 107 Å². The minimum atomic E-state index is -1.68. The first-order valence-electron chi connectivity index (χ1n) is 33.6. The molecular formula is C76H80O18S. The van der Waals surface area contributed by atoms with Gasteiger partial charge >= 0.3 is 47.8 Å². The molecule has 4 aliphatic heterocycles. The molecule has 1 aromatic heterocycles. The zero-order chi connectivity index (χ0) is 67.8. The molecule has 95 heavy (non-hydrogen) atoms. The van der Waals surface area contributed by atoms with E-state index < -0.39 is 113 Å². The van der Waals surface area contributed by atoms with Gasteiger partial charge in [-0.1, -0.05) is 82.1 Å². The minimum Gasteiger partial charge on any atom is -0.493 e. The van der Waals surface area contributed by atoms with E-state index in [1.54, 1.807) is 36.4 Å². The van der Waals surface area contributed by atoms with Crippen LogP contribution in [-0.2, 0) is 57.3 Å². The Morgan fingerprint density at radius 3 is 0.905 bits per heavy atom. The first-order chi connectivity index (χ1) is 44.7. The molecule has 8 atom stereocenters. The molecule has 498 valence electrons. The van der Waals surface area contributed by atoms with Gasteiger partial charge in [-0.2, -0.15) is 0 Å². The van der Waals surface area contributed by atoms with Gasteiger partial charge in [0.15, 0.2) is 0 Å². The quantitative estimate of drug-likeness (QED) is 0.0288. The molecule has 4 saturated carbocycles. The second-order valence-electron chi connectivity index (χ2n) is 31.2. The highest BCUT2D eigenvalue weighted by Gasteiger charge is 2.80. The van der Waals surface area contributed by atoms with Crippen LogP contribution in [0.15, 0.2) is 60.7 Å². The number of hydrogen-bond acceptors (Lipinski definition) is 19. The normalized spacial score (nSPS) is 31.4. The molecule has 8 bridgehead atoms. The minimum absolute atomic E-state index is 0.0367. The summed E-state index contributed by atoms with van der Waals surface area (Å²) in [6.07, 6.45) is 5.33. The zero-order valence-electron chi connectivity index (χ0n) is 56.4. The highest BCUT2D eigenvalue weighted by molar-refractivity contribution is 7.26. The van der Waals surface area contributed by atoms with Gasteiger partial charge < -0.3 is 47.4 Å². The van der Waals surface area contributed by atoms with Crippen molar-refractivity contribution in [3.63, 3.8) is 0 Å². The summed E-state index contributed by atoms with van der Waals surface area (Å²) in [5.41, 5.74) is -14.5. The van der Waals surface area contributed by atoms with E-state index in [2.05, 4.69) is 13.8 Å². The number of esters is 8. The van der Waals surface area contributed by atoms with Crippen LogP contribution in [-0.4, -0.2) is 83.4 Å². The maximum Gasteiger partial charge on any atom is 0.356 e. The molecule has 0 spiro atoms. The lowest BCUT2D eigenvalue weighted by Gasteiger charge is -2.35. The largest absolute Gasteiger partial charge is 0.493 e. The third-order valence-electron chi connectivity index (χ3n) is 26.7. The molecule has 8 aliphatic rings. The number of benzene rings is 6. The smallest absolute Gasteiger partial charge is 0.356 e. The van der Waals surface area contributed by atoms with Crippen molar-refractivity contribution in [1.29, 1.82) is 0 Å². The second-order valence-corrected chi connectivity index (χ2v) is 32.3. The van der Waals surface area contributed by atoms with Crippen LogP contribution in [0.25, 0.3) is 63.3 Å². The van der Waals surface area contributed by atoms with Crippen molar-refractivity contribution in [3.8, 4) is 34.5 Å². The maximum absolute atomic E-state index is 15.5. The van der Waals surface area contributed by atoms with Gasteiger partial charge in [0, 0.05) is 84.9 Å². The molecule has 0 unspecified atom stereocenters. The second kappa shape index (κ2) is 19.8. The van der Waals surface area contributed by atoms with Crippen LogP contribution in [0.3, 0.4) is 0 Å². The fourth-order valence-corrected chi connectivity index (χ4v) is 19.2.